The zero-order valence-electron chi connectivity index (χ0n) is 21.1. The van der Waals surface area contributed by atoms with E-state index in [0.717, 1.165) is 17.5 Å². The Morgan fingerprint density at radius 2 is 1.71 bits per heavy atom. The van der Waals surface area contributed by atoms with E-state index >= 15 is 0 Å². The molecule has 1 saturated carbocycles. The highest BCUT2D eigenvalue weighted by Crippen LogP contribution is 2.37. The summed E-state index contributed by atoms with van der Waals surface area (Å²) in [6, 6.07) is 15.6. The minimum atomic E-state index is -0.650. The third-order valence-electron chi connectivity index (χ3n) is 7.91. The van der Waals surface area contributed by atoms with Gasteiger partial charge in [0.2, 0.25) is 11.8 Å². The lowest BCUT2D eigenvalue weighted by atomic mass is 9.72. The summed E-state index contributed by atoms with van der Waals surface area (Å²) in [6.07, 6.45) is 8.03. The van der Waals surface area contributed by atoms with E-state index in [1.807, 2.05) is 53.4 Å². The molecule has 188 valence electrons. The zero-order chi connectivity index (χ0) is 24.7. The first-order valence-electron chi connectivity index (χ1n) is 12.9. The number of amides is 2. The van der Waals surface area contributed by atoms with Gasteiger partial charge in [0.25, 0.3) is 0 Å². The van der Waals surface area contributed by atoms with Crippen LogP contribution in [0.4, 0.5) is 0 Å². The minimum Gasteiger partial charge on any atom is -0.497 e. The molecule has 4 rings (SSSR count). The second-order valence-corrected chi connectivity index (χ2v) is 9.88. The summed E-state index contributed by atoms with van der Waals surface area (Å²) in [5.41, 5.74) is 1.25. The number of benzene rings is 2. The minimum absolute atomic E-state index is 0.000347. The summed E-state index contributed by atoms with van der Waals surface area (Å²) >= 11 is 0. The molecule has 1 aliphatic carbocycles. The number of rotatable bonds is 9. The third-order valence-corrected chi connectivity index (χ3v) is 7.91. The fourth-order valence-corrected chi connectivity index (χ4v) is 5.67. The molecule has 0 aromatic heterocycles. The van der Waals surface area contributed by atoms with Crippen molar-refractivity contribution in [3.63, 3.8) is 0 Å². The van der Waals surface area contributed by atoms with Crippen LogP contribution >= 0.6 is 0 Å². The molecule has 0 bridgehead atoms. The molecule has 35 heavy (non-hydrogen) atoms. The molecule has 2 aromatic carbocycles. The van der Waals surface area contributed by atoms with Gasteiger partial charge >= 0.3 is 0 Å². The SMILES string of the molecule is COc1ccc(CNC(=O)C2(c3ccccc3)CCN(C(=O)CCC3CCCC3)CC2)c(OC)c1. The Kier molecular flexibility index (Phi) is 8.32. The molecular formula is C29H38N2O4. The molecule has 1 aliphatic heterocycles. The van der Waals surface area contributed by atoms with E-state index in [2.05, 4.69) is 5.32 Å². The first-order valence-corrected chi connectivity index (χ1v) is 12.9. The molecule has 2 amide bonds. The van der Waals surface area contributed by atoms with Crippen molar-refractivity contribution in [2.24, 2.45) is 5.92 Å². The first kappa shape index (κ1) is 25.1. The van der Waals surface area contributed by atoms with Crippen LogP contribution < -0.4 is 14.8 Å². The van der Waals surface area contributed by atoms with Gasteiger partial charge in [-0.15, -0.1) is 0 Å². The number of piperidine rings is 1. The monoisotopic (exact) mass is 478 g/mol. The van der Waals surface area contributed by atoms with Crippen LogP contribution in [0.25, 0.3) is 0 Å². The Morgan fingerprint density at radius 1 is 1.00 bits per heavy atom. The average Bonchev–Trinajstić information content (AvgIpc) is 3.44. The largest absolute Gasteiger partial charge is 0.497 e. The Morgan fingerprint density at radius 3 is 2.37 bits per heavy atom. The molecule has 1 saturated heterocycles. The molecule has 0 radical (unpaired) electrons. The van der Waals surface area contributed by atoms with Gasteiger partial charge < -0.3 is 19.7 Å². The number of ether oxygens (including phenoxy) is 2. The molecule has 6 heteroatoms. The predicted octanol–water partition coefficient (Wildman–Crippen LogP) is 4.85. The average molecular weight is 479 g/mol. The standard InChI is InChI=1S/C29H38N2O4/c1-34-25-14-13-23(26(20-25)35-2)21-30-28(33)29(24-10-4-3-5-11-24)16-18-31(19-17-29)27(32)15-12-22-8-6-7-9-22/h3-5,10-11,13-14,20,22H,6-9,12,15-19,21H2,1-2H3,(H,30,33). The third kappa shape index (κ3) is 5.80. The van der Waals surface area contributed by atoms with E-state index in [0.29, 0.717) is 56.3 Å². The number of likely N-dealkylation sites (tertiary alicyclic amines) is 1. The topological polar surface area (TPSA) is 67.9 Å². The van der Waals surface area contributed by atoms with E-state index in [9.17, 15) is 9.59 Å². The van der Waals surface area contributed by atoms with Crippen LogP contribution in [0.1, 0.15) is 62.5 Å². The van der Waals surface area contributed by atoms with Gasteiger partial charge in [0.1, 0.15) is 11.5 Å². The highest BCUT2D eigenvalue weighted by Gasteiger charge is 2.43. The number of nitrogens with zero attached hydrogens (tertiary/aromatic N) is 1. The van der Waals surface area contributed by atoms with E-state index in [1.165, 1.54) is 25.7 Å². The predicted molar refractivity (Wildman–Crippen MR) is 137 cm³/mol. The maximum atomic E-state index is 13.7. The van der Waals surface area contributed by atoms with Gasteiger partial charge in [-0.05, 0) is 42.9 Å². The Bertz CT molecular complexity index is 993. The van der Waals surface area contributed by atoms with E-state index in [4.69, 9.17) is 9.47 Å². The van der Waals surface area contributed by atoms with E-state index < -0.39 is 5.41 Å². The molecular weight excluding hydrogens is 440 g/mol. The summed E-state index contributed by atoms with van der Waals surface area (Å²) in [7, 11) is 3.23. The molecule has 0 atom stereocenters. The Labute approximate surface area is 209 Å². The van der Waals surface area contributed by atoms with Crippen molar-refractivity contribution in [3.05, 3.63) is 59.7 Å². The lowest BCUT2D eigenvalue weighted by Crippen LogP contribution is -2.52. The second kappa shape index (κ2) is 11.6. The van der Waals surface area contributed by atoms with E-state index in [-0.39, 0.29) is 11.8 Å². The number of methoxy groups -OCH3 is 2. The molecule has 6 nitrogen and oxygen atoms in total. The van der Waals surface area contributed by atoms with Crippen LogP contribution in [0.15, 0.2) is 48.5 Å². The van der Waals surface area contributed by atoms with Crippen LogP contribution in [0.3, 0.4) is 0 Å². The van der Waals surface area contributed by atoms with Gasteiger partial charge in [-0.2, -0.15) is 0 Å². The molecule has 0 unspecified atom stereocenters. The van der Waals surface area contributed by atoms with Crippen LogP contribution in [0.5, 0.6) is 11.5 Å². The van der Waals surface area contributed by atoms with Crippen molar-refractivity contribution in [1.29, 1.82) is 0 Å². The maximum Gasteiger partial charge on any atom is 0.231 e. The van der Waals surface area contributed by atoms with Crippen molar-refractivity contribution in [1.82, 2.24) is 10.2 Å². The van der Waals surface area contributed by atoms with Crippen LogP contribution in [0, 0.1) is 5.92 Å². The summed E-state index contributed by atoms with van der Waals surface area (Å²) in [5, 5.41) is 3.16. The van der Waals surface area contributed by atoms with Crippen molar-refractivity contribution >= 4 is 11.8 Å². The fourth-order valence-electron chi connectivity index (χ4n) is 5.67. The lowest BCUT2D eigenvalue weighted by Gasteiger charge is -2.41. The Balaban J connectivity index is 1.43. The van der Waals surface area contributed by atoms with Crippen LogP contribution in [-0.4, -0.2) is 44.0 Å². The number of carbonyl (C=O) groups excluding carboxylic acids is 2. The summed E-state index contributed by atoms with van der Waals surface area (Å²) in [5.74, 6) is 2.35. The molecule has 0 spiro atoms. The van der Waals surface area contributed by atoms with Crippen LogP contribution in [-0.2, 0) is 21.5 Å². The molecule has 2 aromatic rings. The number of carbonyl (C=O) groups is 2. The van der Waals surface area contributed by atoms with Crippen molar-refractivity contribution in [3.8, 4) is 11.5 Å². The quantitative estimate of drug-likeness (QED) is 0.559. The van der Waals surface area contributed by atoms with Crippen molar-refractivity contribution in [2.75, 3.05) is 27.3 Å². The fraction of sp³-hybridized carbons (Fsp3) is 0.517. The highest BCUT2D eigenvalue weighted by atomic mass is 16.5. The molecule has 2 fully saturated rings. The van der Waals surface area contributed by atoms with Gasteiger partial charge in [-0.25, -0.2) is 0 Å². The lowest BCUT2D eigenvalue weighted by molar-refractivity contribution is -0.137. The first-order chi connectivity index (χ1) is 17.1. The Hall–Kier alpha value is -3.02. The summed E-state index contributed by atoms with van der Waals surface area (Å²) < 4.78 is 10.8. The van der Waals surface area contributed by atoms with Gasteiger partial charge in [-0.1, -0.05) is 56.0 Å². The van der Waals surface area contributed by atoms with Gasteiger partial charge in [-0.3, -0.25) is 9.59 Å². The second-order valence-electron chi connectivity index (χ2n) is 9.88. The number of hydrogen-bond donors (Lipinski definition) is 1. The number of hydrogen-bond acceptors (Lipinski definition) is 4. The maximum absolute atomic E-state index is 13.7. The van der Waals surface area contributed by atoms with Crippen molar-refractivity contribution in [2.45, 2.75) is 63.3 Å². The number of nitrogens with one attached hydrogen (secondary N) is 1. The van der Waals surface area contributed by atoms with Crippen LogP contribution in [0.2, 0.25) is 0 Å². The highest BCUT2D eigenvalue weighted by molar-refractivity contribution is 5.89. The summed E-state index contributed by atoms with van der Waals surface area (Å²) in [4.78, 5) is 28.6. The van der Waals surface area contributed by atoms with Gasteiger partial charge in [0.15, 0.2) is 0 Å². The zero-order valence-corrected chi connectivity index (χ0v) is 21.1. The van der Waals surface area contributed by atoms with E-state index in [1.54, 1.807) is 14.2 Å². The smallest absolute Gasteiger partial charge is 0.231 e. The normalized spacial score (nSPS) is 17.7. The molecule has 2 aliphatic rings. The van der Waals surface area contributed by atoms with Crippen molar-refractivity contribution < 1.29 is 19.1 Å². The summed E-state index contributed by atoms with van der Waals surface area (Å²) in [6.45, 7) is 1.58. The van der Waals surface area contributed by atoms with Gasteiger partial charge in [0, 0.05) is 37.7 Å². The van der Waals surface area contributed by atoms with Gasteiger partial charge in [0.05, 0.1) is 19.6 Å². The molecule has 1 heterocycles. The molecule has 1 N–H and O–H groups in total.